The van der Waals surface area contributed by atoms with E-state index in [9.17, 15) is 9.59 Å². The molecule has 0 bridgehead atoms. The zero-order chi connectivity index (χ0) is 21.4. The Kier molecular flexibility index (Phi) is 9.10. The van der Waals surface area contributed by atoms with Gasteiger partial charge in [0.15, 0.2) is 0 Å². The van der Waals surface area contributed by atoms with Crippen LogP contribution in [0, 0.1) is 5.92 Å². The van der Waals surface area contributed by atoms with Gasteiger partial charge in [0.1, 0.15) is 5.60 Å². The third-order valence-electron chi connectivity index (χ3n) is 5.26. The van der Waals surface area contributed by atoms with Gasteiger partial charge in [0.2, 0.25) is 5.91 Å². The van der Waals surface area contributed by atoms with E-state index in [-0.39, 0.29) is 24.0 Å². The van der Waals surface area contributed by atoms with Gasteiger partial charge in [-0.2, -0.15) is 0 Å². The van der Waals surface area contributed by atoms with Gasteiger partial charge in [0.25, 0.3) is 0 Å². The van der Waals surface area contributed by atoms with Crippen molar-refractivity contribution in [2.24, 2.45) is 5.92 Å². The summed E-state index contributed by atoms with van der Waals surface area (Å²) in [5, 5.41) is 2.93. The molecule has 1 aromatic carbocycles. The van der Waals surface area contributed by atoms with Crippen LogP contribution in [0.5, 0.6) is 0 Å². The summed E-state index contributed by atoms with van der Waals surface area (Å²) in [7, 11) is 0. The van der Waals surface area contributed by atoms with Crippen molar-refractivity contribution in [3.8, 4) is 0 Å². The summed E-state index contributed by atoms with van der Waals surface area (Å²) >= 11 is -1.05. The molecule has 1 saturated heterocycles. The monoisotopic (exact) mass is 498 g/mol. The minimum atomic E-state index is -1.05. The van der Waals surface area contributed by atoms with Crippen LogP contribution in [-0.2, 0) is 28.3 Å². The molecule has 0 atom stereocenters. The molecule has 0 unspecified atom stereocenters. The molecule has 1 aromatic rings. The number of likely N-dealkylation sites (tertiary alicyclic amines) is 1. The van der Waals surface area contributed by atoms with Crippen molar-refractivity contribution in [1.82, 2.24) is 10.2 Å². The molecule has 166 valence electrons. The van der Waals surface area contributed by atoms with E-state index >= 15 is 0 Å². The topological polar surface area (TPSA) is 99.1 Å². The van der Waals surface area contributed by atoms with Gasteiger partial charge in [-0.3, -0.25) is 4.79 Å². The van der Waals surface area contributed by atoms with Crippen LogP contribution < -0.4 is 5.32 Å². The Hall–Kier alpha value is -1.46. The normalized spacial score (nSPS) is 22.2. The van der Waals surface area contributed by atoms with Gasteiger partial charge >= 0.3 is 32.5 Å². The molecule has 1 heterocycles. The van der Waals surface area contributed by atoms with Crippen LogP contribution in [0.1, 0.15) is 57.9 Å². The van der Waals surface area contributed by atoms with Gasteiger partial charge in [-0.1, -0.05) is 30.3 Å². The molecule has 2 aliphatic rings. The Morgan fingerprint density at radius 1 is 1.07 bits per heavy atom. The van der Waals surface area contributed by atoms with Crippen LogP contribution in [0.3, 0.4) is 0 Å². The first-order chi connectivity index (χ1) is 13.7. The number of benzene rings is 1. The van der Waals surface area contributed by atoms with Gasteiger partial charge in [-0.25, -0.2) is 4.79 Å². The molecule has 0 spiro atoms. The first kappa shape index (κ1) is 23.8. The van der Waals surface area contributed by atoms with Gasteiger partial charge in [0.05, 0.1) is 0 Å². The Morgan fingerprint density at radius 2 is 1.62 bits per heavy atom. The van der Waals surface area contributed by atoms with E-state index in [1.165, 1.54) is 5.56 Å². The van der Waals surface area contributed by atoms with Crippen molar-refractivity contribution in [1.29, 1.82) is 0 Å². The molecular weight excluding hydrogens is 467 g/mol. The molecule has 2 amide bonds. The fourth-order valence-corrected chi connectivity index (χ4v) is 3.81. The summed E-state index contributed by atoms with van der Waals surface area (Å²) in [6.45, 7) is 7.24. The van der Waals surface area contributed by atoms with Crippen LogP contribution in [0.15, 0.2) is 30.3 Å². The first-order valence-electron chi connectivity index (χ1n) is 9.93. The van der Waals surface area contributed by atoms with E-state index in [0.717, 1.165) is 38.8 Å². The molecule has 2 fully saturated rings. The van der Waals surface area contributed by atoms with Gasteiger partial charge in [0, 0.05) is 31.0 Å². The van der Waals surface area contributed by atoms with Gasteiger partial charge < -0.3 is 15.0 Å². The van der Waals surface area contributed by atoms with E-state index in [1.54, 1.807) is 0 Å². The fraction of sp³-hybridized carbons (Fsp3) is 0.619. The van der Waals surface area contributed by atoms with Crippen molar-refractivity contribution in [3.05, 3.63) is 35.9 Å². The van der Waals surface area contributed by atoms with Gasteiger partial charge in [-0.05, 0) is 52.0 Å². The van der Waals surface area contributed by atoms with Crippen LogP contribution in [-0.4, -0.2) is 49.3 Å². The summed E-state index contributed by atoms with van der Waals surface area (Å²) < 4.78 is 19.7. The second-order valence-electron chi connectivity index (χ2n) is 8.61. The standard InChI is InChI=1S/C21H30N2O3.2H2O.Pd/c1-21(2,3)26-20(25)22-18-11-9-16(10-12-18)19(24)23-13-17(14-23)15-7-5-4-6-8-15;;;/h4-8,16-18H,9-14H2,1-3H3,(H,22,25);2*1H2;/q;;;+2/p-2/t16-,18-;;;. The molecule has 1 aliphatic carbocycles. The summed E-state index contributed by atoms with van der Waals surface area (Å²) in [6.07, 6.45) is 3.00. The molecule has 3 rings (SSSR count). The predicted octanol–water partition coefficient (Wildman–Crippen LogP) is 2.58. The van der Waals surface area contributed by atoms with E-state index in [4.69, 9.17) is 12.4 Å². The zero-order valence-corrected chi connectivity index (χ0v) is 18.8. The Morgan fingerprint density at radius 3 is 2.14 bits per heavy atom. The van der Waals surface area contributed by atoms with Gasteiger partial charge in [-0.15, -0.1) is 0 Å². The number of carbonyl (C=O) groups excluding carboxylic acids is 2. The molecule has 8 heteroatoms. The van der Waals surface area contributed by atoms with E-state index in [1.807, 2.05) is 31.7 Å². The second kappa shape index (κ2) is 11.1. The summed E-state index contributed by atoms with van der Waals surface area (Å²) in [5.41, 5.74) is 0.839. The predicted molar refractivity (Wildman–Crippen MR) is 105 cm³/mol. The van der Waals surface area contributed by atoms with Crippen molar-refractivity contribution >= 4 is 12.0 Å². The van der Waals surface area contributed by atoms with Crippen LogP contribution >= 0.6 is 0 Å². The number of ether oxygens (including phenoxy) is 1. The Labute approximate surface area is 181 Å². The maximum atomic E-state index is 12.7. The maximum absolute atomic E-state index is 12.7. The fourth-order valence-electron chi connectivity index (χ4n) is 3.81. The van der Waals surface area contributed by atoms with Crippen LogP contribution in [0.2, 0.25) is 0 Å². The number of rotatable bonds is 3. The molecule has 0 radical (unpaired) electrons. The first-order valence-corrected chi connectivity index (χ1v) is 11.3. The van der Waals surface area contributed by atoms with Crippen molar-refractivity contribution < 1.29 is 40.7 Å². The van der Waals surface area contributed by atoms with Crippen molar-refractivity contribution in [3.63, 3.8) is 0 Å². The quantitative estimate of drug-likeness (QED) is 0.556. The van der Waals surface area contributed by atoms with E-state index in [0.29, 0.717) is 5.92 Å². The average Bonchev–Trinajstić information content (AvgIpc) is 2.61. The number of amides is 2. The number of hydrogen-bond donors (Lipinski definition) is 3. The molecule has 3 N–H and O–H groups in total. The third-order valence-corrected chi connectivity index (χ3v) is 5.26. The number of hydrogen-bond acceptors (Lipinski definition) is 5. The molecular formula is C21H32N2O5Pd. The Bertz CT molecular complexity index is 651. The van der Waals surface area contributed by atoms with Crippen LogP contribution in [0.25, 0.3) is 0 Å². The van der Waals surface area contributed by atoms with Crippen molar-refractivity contribution in [2.45, 2.75) is 64.0 Å². The van der Waals surface area contributed by atoms with Crippen molar-refractivity contribution in [2.75, 3.05) is 13.1 Å². The molecule has 7 nitrogen and oxygen atoms in total. The minimum absolute atomic E-state index is 0.100. The number of alkyl carbamates (subject to hydrolysis) is 1. The zero-order valence-electron chi connectivity index (χ0n) is 17.2. The summed E-state index contributed by atoms with van der Waals surface area (Å²) in [4.78, 5) is 26.5. The van der Waals surface area contributed by atoms with Crippen LogP contribution in [0.4, 0.5) is 4.79 Å². The second-order valence-corrected chi connectivity index (χ2v) is 8.92. The SMILES string of the molecule is CC(C)(C)OC(=O)N[C@H]1CC[C@H](C(=O)N2CC(c3ccccc3)C2)CC1.[OH][Pd][OH]. The Balaban J connectivity index is 0.000000941. The molecule has 1 aliphatic heterocycles. The number of nitrogens with one attached hydrogen (secondary N) is 1. The summed E-state index contributed by atoms with van der Waals surface area (Å²) in [6, 6.07) is 10.5. The number of carbonyl (C=O) groups is 2. The summed E-state index contributed by atoms with van der Waals surface area (Å²) in [5.74, 6) is 0.863. The van der Waals surface area contributed by atoms with E-state index in [2.05, 4.69) is 29.6 Å². The number of nitrogens with zero attached hydrogens (tertiary/aromatic N) is 1. The van der Waals surface area contributed by atoms with E-state index < -0.39 is 24.3 Å². The third kappa shape index (κ3) is 7.71. The molecule has 29 heavy (non-hydrogen) atoms. The molecule has 0 aromatic heterocycles. The average molecular weight is 499 g/mol. The molecule has 1 saturated carbocycles.